The van der Waals surface area contributed by atoms with E-state index in [1.54, 1.807) is 6.26 Å². The Morgan fingerprint density at radius 2 is 2.22 bits per heavy atom. The molecule has 2 saturated carbocycles. The van der Waals surface area contributed by atoms with Crippen molar-refractivity contribution in [1.29, 1.82) is 0 Å². The second kappa shape index (κ2) is 5.85. The molecule has 1 aromatic heterocycles. The molecule has 3 nitrogen and oxygen atoms in total. The van der Waals surface area contributed by atoms with Crippen LogP contribution in [0.3, 0.4) is 0 Å². The largest absolute Gasteiger partial charge is 0.481 e. The summed E-state index contributed by atoms with van der Waals surface area (Å²) in [5.74, 6) is 0.0470. The van der Waals surface area contributed by atoms with Crippen LogP contribution in [0.1, 0.15) is 57.9 Å². The Morgan fingerprint density at radius 3 is 2.87 bits per heavy atom. The molecule has 23 heavy (non-hydrogen) atoms. The van der Waals surface area contributed by atoms with Gasteiger partial charge in [0.15, 0.2) is 0 Å². The van der Waals surface area contributed by atoms with E-state index in [-0.39, 0.29) is 11.3 Å². The highest BCUT2D eigenvalue weighted by atomic mass is 16.4. The number of aliphatic carboxylic acids is 1. The van der Waals surface area contributed by atoms with E-state index in [2.05, 4.69) is 13.5 Å². The molecule has 1 aromatic rings. The molecule has 1 N–H and O–H groups in total. The van der Waals surface area contributed by atoms with E-state index in [1.165, 1.54) is 11.1 Å². The lowest BCUT2D eigenvalue weighted by Gasteiger charge is -2.57. The van der Waals surface area contributed by atoms with Crippen molar-refractivity contribution in [3.8, 4) is 0 Å². The van der Waals surface area contributed by atoms with Gasteiger partial charge in [-0.3, -0.25) is 4.79 Å². The molecule has 0 unspecified atom stereocenters. The molecule has 0 radical (unpaired) electrons. The average molecular weight is 316 g/mol. The minimum atomic E-state index is -0.616. The maximum atomic E-state index is 12.0. The molecule has 3 rings (SSSR count). The van der Waals surface area contributed by atoms with Crippen molar-refractivity contribution in [2.45, 2.75) is 58.8 Å². The molecule has 3 heteroatoms. The Balaban J connectivity index is 1.86. The summed E-state index contributed by atoms with van der Waals surface area (Å²) in [6.07, 6.45) is 10.4. The van der Waals surface area contributed by atoms with E-state index < -0.39 is 11.4 Å². The maximum Gasteiger partial charge on any atom is 0.309 e. The number of carbonyl (C=O) groups is 1. The van der Waals surface area contributed by atoms with Gasteiger partial charge in [-0.05, 0) is 74.3 Å². The van der Waals surface area contributed by atoms with E-state index in [1.807, 2.05) is 19.3 Å². The first-order valence-corrected chi connectivity index (χ1v) is 8.80. The van der Waals surface area contributed by atoms with Crippen LogP contribution in [0.15, 0.2) is 35.2 Å². The second-order valence-corrected chi connectivity index (χ2v) is 8.05. The zero-order chi connectivity index (χ0) is 16.7. The summed E-state index contributed by atoms with van der Waals surface area (Å²) in [4.78, 5) is 12.0. The number of allylic oxidation sites excluding steroid dienone is 1. The van der Waals surface area contributed by atoms with E-state index in [9.17, 15) is 9.90 Å². The lowest BCUT2D eigenvalue weighted by Crippen LogP contribution is -2.53. The van der Waals surface area contributed by atoms with E-state index in [4.69, 9.17) is 4.42 Å². The fourth-order valence-electron chi connectivity index (χ4n) is 5.48. The lowest BCUT2D eigenvalue weighted by molar-refractivity contribution is -0.164. The topological polar surface area (TPSA) is 50.4 Å². The summed E-state index contributed by atoms with van der Waals surface area (Å²) in [6.45, 7) is 8.65. The number of carboxylic acids is 1. The van der Waals surface area contributed by atoms with Gasteiger partial charge in [-0.2, -0.15) is 0 Å². The highest BCUT2D eigenvalue weighted by Crippen LogP contribution is 2.61. The Hall–Kier alpha value is -1.51. The number of aryl methyl sites for hydroxylation is 1. The Bertz CT molecular complexity index is 588. The molecule has 4 atom stereocenters. The van der Waals surface area contributed by atoms with Crippen LogP contribution in [0.4, 0.5) is 0 Å². The second-order valence-electron chi connectivity index (χ2n) is 8.05. The molecule has 0 aromatic carbocycles. The quantitative estimate of drug-likeness (QED) is 0.788. The van der Waals surface area contributed by atoms with Crippen molar-refractivity contribution >= 4 is 5.97 Å². The molecular formula is C20H28O3. The highest BCUT2D eigenvalue weighted by molar-refractivity contribution is 5.75. The van der Waals surface area contributed by atoms with Crippen molar-refractivity contribution in [1.82, 2.24) is 0 Å². The van der Waals surface area contributed by atoms with Gasteiger partial charge < -0.3 is 9.52 Å². The molecular weight excluding hydrogens is 288 g/mol. The Morgan fingerprint density at radius 1 is 1.43 bits per heavy atom. The number of carboxylic acid groups (broad SMARTS) is 1. The number of rotatable bonds is 4. The predicted molar refractivity (Wildman–Crippen MR) is 90.1 cm³/mol. The zero-order valence-corrected chi connectivity index (χ0v) is 14.3. The molecule has 126 valence electrons. The molecule has 0 aliphatic heterocycles. The van der Waals surface area contributed by atoms with Crippen LogP contribution in [0.25, 0.3) is 0 Å². The van der Waals surface area contributed by atoms with Gasteiger partial charge in [-0.15, -0.1) is 0 Å². The fourth-order valence-corrected chi connectivity index (χ4v) is 5.48. The van der Waals surface area contributed by atoms with E-state index >= 15 is 0 Å². The van der Waals surface area contributed by atoms with Gasteiger partial charge in [-0.25, -0.2) is 0 Å². The van der Waals surface area contributed by atoms with Gasteiger partial charge in [-0.1, -0.05) is 25.5 Å². The highest BCUT2D eigenvalue weighted by Gasteiger charge is 2.57. The predicted octanol–water partition coefficient (Wildman–Crippen LogP) is 5.08. The van der Waals surface area contributed by atoms with Crippen LogP contribution in [0.5, 0.6) is 0 Å². The van der Waals surface area contributed by atoms with Gasteiger partial charge in [0.1, 0.15) is 0 Å². The van der Waals surface area contributed by atoms with Gasteiger partial charge in [0.2, 0.25) is 0 Å². The number of hydrogen-bond acceptors (Lipinski definition) is 2. The summed E-state index contributed by atoms with van der Waals surface area (Å²) >= 11 is 0. The summed E-state index contributed by atoms with van der Waals surface area (Å²) < 4.78 is 5.18. The zero-order valence-electron chi connectivity index (χ0n) is 14.3. The van der Waals surface area contributed by atoms with Gasteiger partial charge in [0.25, 0.3) is 0 Å². The van der Waals surface area contributed by atoms with E-state index in [0.29, 0.717) is 5.92 Å². The molecule has 0 saturated heterocycles. The monoisotopic (exact) mass is 316 g/mol. The summed E-state index contributed by atoms with van der Waals surface area (Å²) in [5.41, 5.74) is 2.02. The minimum Gasteiger partial charge on any atom is -0.481 e. The first kappa shape index (κ1) is 16.4. The smallest absolute Gasteiger partial charge is 0.309 e. The number of fused-ring (bicyclic) bond motifs is 1. The molecule has 2 aliphatic carbocycles. The van der Waals surface area contributed by atoms with Crippen LogP contribution in [0, 0.1) is 22.7 Å². The summed E-state index contributed by atoms with van der Waals surface area (Å²) in [6, 6.07) is 2.02. The molecule has 0 amide bonds. The third-order valence-corrected chi connectivity index (χ3v) is 6.81. The van der Waals surface area contributed by atoms with Crippen molar-refractivity contribution in [2.75, 3.05) is 0 Å². The standard InChI is InChI=1S/C20H28O3/c1-14-5-8-17-19(2,10-4-11-20(17,3)18(21)22)16(14)7-6-15-9-12-23-13-15/h9,12-13,16-17H,1,4-8,10-11H2,2-3H3,(H,21,22)/t16-,17-,19+,20+/m0/s1. The normalized spacial score (nSPS) is 37.4. The molecule has 1 heterocycles. The third kappa shape index (κ3) is 2.64. The number of hydrogen-bond donors (Lipinski definition) is 1. The lowest BCUT2D eigenvalue weighted by atomic mass is 9.46. The summed E-state index contributed by atoms with van der Waals surface area (Å²) in [5, 5.41) is 9.85. The molecule has 0 bridgehead atoms. The van der Waals surface area contributed by atoms with E-state index in [0.717, 1.165) is 44.9 Å². The molecule has 2 fully saturated rings. The van der Waals surface area contributed by atoms with Crippen molar-refractivity contribution in [3.05, 3.63) is 36.3 Å². The van der Waals surface area contributed by atoms with Crippen molar-refractivity contribution in [3.63, 3.8) is 0 Å². The third-order valence-electron chi connectivity index (χ3n) is 6.81. The van der Waals surface area contributed by atoms with Crippen LogP contribution >= 0.6 is 0 Å². The van der Waals surface area contributed by atoms with Crippen LogP contribution < -0.4 is 0 Å². The van der Waals surface area contributed by atoms with Gasteiger partial charge in [0.05, 0.1) is 17.9 Å². The number of furan rings is 1. The fraction of sp³-hybridized carbons (Fsp3) is 0.650. The first-order chi connectivity index (χ1) is 10.9. The first-order valence-electron chi connectivity index (χ1n) is 8.80. The van der Waals surface area contributed by atoms with Gasteiger partial charge >= 0.3 is 5.97 Å². The van der Waals surface area contributed by atoms with Crippen LogP contribution in [0.2, 0.25) is 0 Å². The maximum absolute atomic E-state index is 12.0. The minimum absolute atomic E-state index is 0.0600. The van der Waals surface area contributed by atoms with Crippen molar-refractivity contribution < 1.29 is 14.3 Å². The average Bonchev–Trinajstić information content (AvgIpc) is 2.99. The van der Waals surface area contributed by atoms with Crippen LogP contribution in [-0.4, -0.2) is 11.1 Å². The Labute approximate surface area is 138 Å². The van der Waals surface area contributed by atoms with Crippen LogP contribution in [-0.2, 0) is 11.2 Å². The summed E-state index contributed by atoms with van der Waals surface area (Å²) in [7, 11) is 0. The Kier molecular flexibility index (Phi) is 4.16. The molecule has 0 spiro atoms. The SMILES string of the molecule is C=C1CC[C@H]2[C@](C)(CCC[C@@]2(C)C(=O)O)[C@H]1CCc1ccoc1. The van der Waals surface area contributed by atoms with Gasteiger partial charge in [0, 0.05) is 0 Å². The molecule has 2 aliphatic rings. The van der Waals surface area contributed by atoms with Crippen molar-refractivity contribution in [2.24, 2.45) is 22.7 Å².